The molecule has 0 aromatic heterocycles. The van der Waals surface area contributed by atoms with E-state index in [9.17, 15) is 18.0 Å². The van der Waals surface area contributed by atoms with Gasteiger partial charge in [0.15, 0.2) is 5.75 Å². The van der Waals surface area contributed by atoms with E-state index in [0.29, 0.717) is 6.21 Å². The van der Waals surface area contributed by atoms with Gasteiger partial charge in [-0.3, -0.25) is 0 Å². The highest BCUT2D eigenvalue weighted by molar-refractivity contribution is 6.38. The molecule has 104 valence electrons. The molecule has 0 unspecified atom stereocenters. The van der Waals surface area contributed by atoms with Crippen LogP contribution in [-0.4, -0.2) is 18.5 Å². The fraction of sp³-hybridized carbons (Fsp3) is 0.111. The van der Waals surface area contributed by atoms with Crippen LogP contribution in [0.2, 0.25) is 10.0 Å². The smallest absolute Gasteiger partial charge is 0.419 e. The summed E-state index contributed by atoms with van der Waals surface area (Å²) in [6, 6.07) is 1.59. The summed E-state index contributed by atoms with van der Waals surface area (Å²) in [6.45, 7) is 0. The molecule has 0 aliphatic rings. The van der Waals surface area contributed by atoms with E-state index in [2.05, 4.69) is 14.6 Å². The molecule has 2 N–H and O–H groups in total. The largest absolute Gasteiger partial charge is 0.573 e. The minimum Gasteiger partial charge on any atom is -0.419 e. The third-order valence-corrected chi connectivity index (χ3v) is 2.15. The summed E-state index contributed by atoms with van der Waals surface area (Å²) < 4.78 is 44.2. The van der Waals surface area contributed by atoms with Gasteiger partial charge < -0.3 is 15.3 Å². The number of benzene rings is 1. The van der Waals surface area contributed by atoms with Gasteiger partial charge in [0.25, 0.3) is 0 Å². The third-order valence-electron chi connectivity index (χ3n) is 1.59. The van der Waals surface area contributed by atoms with Crippen LogP contribution in [0.3, 0.4) is 0 Å². The number of rotatable bonds is 3. The first-order valence-corrected chi connectivity index (χ1v) is 5.18. The molecule has 5 nitrogen and oxygen atoms in total. The fourth-order valence-corrected chi connectivity index (χ4v) is 1.56. The van der Waals surface area contributed by atoms with Gasteiger partial charge in [0, 0.05) is 12.1 Å². The van der Waals surface area contributed by atoms with E-state index in [1.807, 2.05) is 0 Å². The molecule has 0 aliphatic heterocycles. The lowest BCUT2D eigenvalue weighted by atomic mass is 10.3. The fourth-order valence-electron chi connectivity index (χ4n) is 1.01. The van der Waals surface area contributed by atoms with Gasteiger partial charge in [-0.15, -0.1) is 13.2 Å². The lowest BCUT2D eigenvalue weighted by Gasteiger charge is -2.12. The number of hydrogen-bond donors (Lipinski definition) is 1. The second kappa shape index (κ2) is 5.98. The molecule has 0 atom stereocenters. The van der Waals surface area contributed by atoms with Gasteiger partial charge in [-0.25, -0.2) is 4.79 Å². The van der Waals surface area contributed by atoms with Gasteiger partial charge in [0.05, 0.1) is 10.0 Å². The van der Waals surface area contributed by atoms with Crippen LogP contribution in [0.1, 0.15) is 0 Å². The number of nitrogens with zero attached hydrogens (tertiary/aromatic N) is 1. The second-order valence-corrected chi connectivity index (χ2v) is 3.78. The number of ether oxygens (including phenoxy) is 2. The van der Waals surface area contributed by atoms with E-state index in [0.717, 1.165) is 12.1 Å². The first kappa shape index (κ1) is 15.4. The molecule has 19 heavy (non-hydrogen) atoms. The number of carbonyl (C=O) groups excluding carboxylic acids is 1. The third kappa shape index (κ3) is 4.84. The van der Waals surface area contributed by atoms with Crippen molar-refractivity contribution in [2.75, 3.05) is 0 Å². The van der Waals surface area contributed by atoms with Crippen molar-refractivity contribution in [3.8, 4) is 11.5 Å². The number of nitrogens with two attached hydrogens (primary N) is 1. The molecule has 0 amide bonds. The Balaban J connectivity index is 3.01. The SMILES string of the molecule is N/N=C/C(=O)Oc1c(Cl)cc(OC(F)(F)F)cc1Cl. The van der Waals surface area contributed by atoms with Crippen molar-refractivity contribution in [3.05, 3.63) is 22.2 Å². The monoisotopic (exact) mass is 316 g/mol. The van der Waals surface area contributed by atoms with E-state index >= 15 is 0 Å². The van der Waals surface area contributed by atoms with Crippen LogP contribution in [0.15, 0.2) is 17.2 Å². The zero-order chi connectivity index (χ0) is 14.6. The Kier molecular flexibility index (Phi) is 4.84. The molecule has 1 aromatic rings. The number of halogens is 5. The van der Waals surface area contributed by atoms with E-state index in [-0.39, 0.29) is 15.8 Å². The number of esters is 1. The Morgan fingerprint density at radius 3 is 2.26 bits per heavy atom. The van der Waals surface area contributed by atoms with Crippen LogP contribution >= 0.6 is 23.2 Å². The number of hydrogen-bond acceptors (Lipinski definition) is 5. The predicted octanol–water partition coefficient (Wildman–Crippen LogP) is 2.74. The van der Waals surface area contributed by atoms with Gasteiger partial charge in [-0.05, 0) is 0 Å². The van der Waals surface area contributed by atoms with Crippen molar-refractivity contribution in [2.45, 2.75) is 6.36 Å². The van der Waals surface area contributed by atoms with Gasteiger partial charge in [0.1, 0.15) is 12.0 Å². The van der Waals surface area contributed by atoms with Crippen LogP contribution < -0.4 is 15.3 Å². The average molecular weight is 317 g/mol. The standard InChI is InChI=1S/C9H5Cl2F3N2O3/c10-5-1-4(19-9(12,13)14)2-6(11)8(5)18-7(17)3-16-15/h1-3H,15H2/b16-3+. The number of hydrazone groups is 1. The van der Waals surface area contributed by atoms with Gasteiger partial charge in [-0.1, -0.05) is 23.2 Å². The Hall–Kier alpha value is -1.67. The Morgan fingerprint density at radius 1 is 1.32 bits per heavy atom. The number of carbonyl (C=O) groups is 1. The molecule has 1 aromatic carbocycles. The highest BCUT2D eigenvalue weighted by Crippen LogP contribution is 2.38. The van der Waals surface area contributed by atoms with Crippen LogP contribution in [0.25, 0.3) is 0 Å². The van der Waals surface area contributed by atoms with Gasteiger partial charge in [-0.2, -0.15) is 5.10 Å². The molecule has 0 fully saturated rings. The molecule has 0 aliphatic carbocycles. The van der Waals surface area contributed by atoms with E-state index in [1.165, 1.54) is 0 Å². The normalized spacial score (nSPS) is 11.6. The summed E-state index contributed by atoms with van der Waals surface area (Å²) in [6.07, 6.45) is -4.26. The van der Waals surface area contributed by atoms with E-state index < -0.39 is 18.1 Å². The molecule has 10 heteroatoms. The van der Waals surface area contributed by atoms with Crippen molar-refractivity contribution >= 4 is 35.4 Å². The summed E-state index contributed by atoms with van der Waals surface area (Å²) in [5.74, 6) is 2.75. The van der Waals surface area contributed by atoms with Crippen molar-refractivity contribution in [1.82, 2.24) is 0 Å². The quantitative estimate of drug-likeness (QED) is 0.306. The Bertz CT molecular complexity index is 497. The zero-order valence-corrected chi connectivity index (χ0v) is 10.4. The lowest BCUT2D eigenvalue weighted by molar-refractivity contribution is -0.274. The molecule has 0 saturated carbocycles. The molecule has 0 radical (unpaired) electrons. The first-order chi connectivity index (χ1) is 8.73. The summed E-state index contributed by atoms with van der Waals surface area (Å²) in [5.41, 5.74) is 0. The lowest BCUT2D eigenvalue weighted by Crippen LogP contribution is -2.17. The van der Waals surface area contributed by atoms with Crippen molar-refractivity contribution < 1.29 is 27.4 Å². The molecular weight excluding hydrogens is 312 g/mol. The summed E-state index contributed by atoms with van der Waals surface area (Å²) in [7, 11) is 0. The van der Waals surface area contributed by atoms with E-state index in [4.69, 9.17) is 29.0 Å². The molecule has 1 rings (SSSR count). The van der Waals surface area contributed by atoms with Gasteiger partial charge >= 0.3 is 12.3 Å². The molecule has 0 heterocycles. The van der Waals surface area contributed by atoms with Crippen LogP contribution in [0.4, 0.5) is 13.2 Å². The van der Waals surface area contributed by atoms with Crippen molar-refractivity contribution in [2.24, 2.45) is 10.9 Å². The summed E-state index contributed by atoms with van der Waals surface area (Å²) in [5, 5.41) is 2.21. The topological polar surface area (TPSA) is 73.9 Å². The molecule has 0 spiro atoms. The van der Waals surface area contributed by atoms with Crippen LogP contribution in [0.5, 0.6) is 11.5 Å². The molecule has 0 bridgehead atoms. The second-order valence-electron chi connectivity index (χ2n) is 2.96. The minimum absolute atomic E-state index is 0.331. The maximum absolute atomic E-state index is 12.0. The molecule has 0 saturated heterocycles. The highest BCUT2D eigenvalue weighted by Gasteiger charge is 2.31. The van der Waals surface area contributed by atoms with E-state index in [1.54, 1.807) is 0 Å². The number of alkyl halides is 3. The molecular formula is C9H5Cl2F3N2O3. The minimum atomic E-state index is -4.89. The maximum atomic E-state index is 12.0. The maximum Gasteiger partial charge on any atom is 0.573 e. The predicted molar refractivity (Wildman–Crippen MR) is 61.5 cm³/mol. The van der Waals surface area contributed by atoms with Crippen molar-refractivity contribution in [1.29, 1.82) is 0 Å². The van der Waals surface area contributed by atoms with Gasteiger partial charge in [0.2, 0.25) is 0 Å². The van der Waals surface area contributed by atoms with Crippen LogP contribution in [-0.2, 0) is 4.79 Å². The highest BCUT2D eigenvalue weighted by atomic mass is 35.5. The summed E-state index contributed by atoms with van der Waals surface area (Å²) >= 11 is 11.2. The van der Waals surface area contributed by atoms with Crippen LogP contribution in [0, 0.1) is 0 Å². The summed E-state index contributed by atoms with van der Waals surface area (Å²) in [4.78, 5) is 11.1. The Morgan fingerprint density at radius 2 is 1.84 bits per heavy atom. The first-order valence-electron chi connectivity index (χ1n) is 4.43. The zero-order valence-electron chi connectivity index (χ0n) is 8.87. The van der Waals surface area contributed by atoms with Crippen molar-refractivity contribution in [3.63, 3.8) is 0 Å². The average Bonchev–Trinajstić information content (AvgIpc) is 2.21. The Labute approximate surface area is 114 Å².